The van der Waals surface area contributed by atoms with Crippen LogP contribution in [-0.4, -0.2) is 38.3 Å². The van der Waals surface area contributed by atoms with E-state index in [1.54, 1.807) is 42.7 Å². The van der Waals surface area contributed by atoms with Crippen LogP contribution in [0.1, 0.15) is 12.0 Å². The van der Waals surface area contributed by atoms with Gasteiger partial charge in [-0.1, -0.05) is 29.8 Å². The zero-order valence-electron chi connectivity index (χ0n) is 15.6. The molecule has 4 rings (SSSR count). The van der Waals surface area contributed by atoms with Crippen molar-refractivity contribution in [2.24, 2.45) is 7.05 Å². The third kappa shape index (κ3) is 3.79. The number of carbonyl (C=O) groups excluding carboxylic acids is 3. The Morgan fingerprint density at radius 3 is 2.83 bits per heavy atom. The number of carbonyl (C=O) groups is 3. The summed E-state index contributed by atoms with van der Waals surface area (Å²) in [6.45, 7) is 0.0544. The molecule has 1 fully saturated rings. The zero-order chi connectivity index (χ0) is 20.5. The number of nitrogens with zero attached hydrogens (tertiary/aromatic N) is 3. The number of fused-ring (bicyclic) bond motifs is 1. The molecule has 2 aromatic carbocycles. The van der Waals surface area contributed by atoms with Crippen molar-refractivity contribution >= 4 is 46.2 Å². The number of nitrogens with one attached hydrogen (secondary N) is 2. The monoisotopic (exact) mass is 411 g/mol. The third-order valence-electron chi connectivity index (χ3n) is 4.79. The average Bonchev–Trinajstić information content (AvgIpc) is 3.18. The fourth-order valence-electron chi connectivity index (χ4n) is 3.27. The Morgan fingerprint density at radius 1 is 1.24 bits per heavy atom. The van der Waals surface area contributed by atoms with Crippen molar-refractivity contribution in [2.75, 3.05) is 5.32 Å². The minimum absolute atomic E-state index is 0.0544. The lowest BCUT2D eigenvalue weighted by Crippen LogP contribution is -2.34. The summed E-state index contributed by atoms with van der Waals surface area (Å²) in [5.74, 6) is -0.830. The number of amides is 4. The highest BCUT2D eigenvalue weighted by molar-refractivity contribution is 6.31. The van der Waals surface area contributed by atoms with Gasteiger partial charge in [0, 0.05) is 17.8 Å². The molecule has 0 spiro atoms. The molecule has 1 aromatic heterocycles. The van der Waals surface area contributed by atoms with Gasteiger partial charge in [-0.25, -0.2) is 9.78 Å². The molecule has 0 aliphatic carbocycles. The van der Waals surface area contributed by atoms with Crippen molar-refractivity contribution in [3.63, 3.8) is 0 Å². The first-order chi connectivity index (χ1) is 13.9. The van der Waals surface area contributed by atoms with E-state index < -0.39 is 18.0 Å². The highest BCUT2D eigenvalue weighted by atomic mass is 35.5. The first-order valence-electron chi connectivity index (χ1n) is 8.98. The maximum atomic E-state index is 12.6. The lowest BCUT2D eigenvalue weighted by atomic mass is 10.1. The predicted molar refractivity (Wildman–Crippen MR) is 108 cm³/mol. The number of aromatic nitrogens is 2. The molecule has 9 heteroatoms. The fourth-order valence-corrected chi connectivity index (χ4v) is 3.47. The lowest BCUT2D eigenvalue weighted by molar-refractivity contribution is -0.130. The number of hydrogen-bond acceptors (Lipinski definition) is 4. The summed E-state index contributed by atoms with van der Waals surface area (Å²) in [7, 11) is 1.89. The van der Waals surface area contributed by atoms with Gasteiger partial charge in [-0.15, -0.1) is 0 Å². The molecule has 0 bridgehead atoms. The predicted octanol–water partition coefficient (Wildman–Crippen LogP) is 2.68. The van der Waals surface area contributed by atoms with E-state index in [0.717, 1.165) is 15.9 Å². The smallest absolute Gasteiger partial charge is 0.325 e. The van der Waals surface area contributed by atoms with E-state index >= 15 is 0 Å². The Bertz CT molecular complexity index is 1130. The van der Waals surface area contributed by atoms with Crippen molar-refractivity contribution in [2.45, 2.75) is 19.0 Å². The molecule has 1 aliphatic heterocycles. The number of anilines is 1. The van der Waals surface area contributed by atoms with Crippen LogP contribution < -0.4 is 10.6 Å². The number of benzene rings is 2. The number of hydrogen-bond donors (Lipinski definition) is 2. The molecular formula is C20H18ClN5O3. The summed E-state index contributed by atoms with van der Waals surface area (Å²) < 4.78 is 1.88. The van der Waals surface area contributed by atoms with Crippen molar-refractivity contribution < 1.29 is 14.4 Å². The Balaban J connectivity index is 1.41. The molecule has 4 amide bonds. The van der Waals surface area contributed by atoms with Crippen LogP contribution in [0.4, 0.5) is 10.5 Å². The molecule has 1 aliphatic rings. The van der Waals surface area contributed by atoms with E-state index in [1.807, 2.05) is 17.7 Å². The van der Waals surface area contributed by atoms with Crippen LogP contribution in [-0.2, 0) is 23.2 Å². The highest BCUT2D eigenvalue weighted by Crippen LogP contribution is 2.21. The standard InChI is InChI=1S/C20H18ClN5O3/c1-25-11-22-15-8-13(6-7-17(15)25)23-18(27)9-16-19(28)26(20(29)24-16)10-12-4-2-3-5-14(12)21/h2-8,11,16H,9-10H2,1H3,(H,23,27)(H,24,29). The van der Waals surface area contributed by atoms with Gasteiger partial charge in [0.2, 0.25) is 5.91 Å². The fraction of sp³-hybridized carbons (Fsp3) is 0.200. The molecule has 1 unspecified atom stereocenters. The molecular weight excluding hydrogens is 394 g/mol. The Kier molecular flexibility index (Phi) is 4.94. The molecule has 2 N–H and O–H groups in total. The maximum Gasteiger partial charge on any atom is 0.325 e. The molecule has 148 valence electrons. The van der Waals surface area contributed by atoms with Gasteiger partial charge in [0.05, 0.1) is 30.3 Å². The zero-order valence-corrected chi connectivity index (χ0v) is 16.3. The van der Waals surface area contributed by atoms with Gasteiger partial charge in [0.25, 0.3) is 5.91 Å². The number of rotatable bonds is 5. The Hall–Kier alpha value is -3.39. The second-order valence-electron chi connectivity index (χ2n) is 6.83. The summed E-state index contributed by atoms with van der Waals surface area (Å²) in [5, 5.41) is 5.78. The van der Waals surface area contributed by atoms with Crippen molar-refractivity contribution in [3.05, 3.63) is 59.4 Å². The highest BCUT2D eigenvalue weighted by Gasteiger charge is 2.39. The summed E-state index contributed by atoms with van der Waals surface area (Å²) in [6.07, 6.45) is 1.53. The van der Waals surface area contributed by atoms with E-state index in [9.17, 15) is 14.4 Å². The Labute approximate surface area is 171 Å². The van der Waals surface area contributed by atoms with Gasteiger partial charge in [0.1, 0.15) is 6.04 Å². The average molecular weight is 412 g/mol. The summed E-state index contributed by atoms with van der Waals surface area (Å²) in [5.41, 5.74) is 2.93. The largest absolute Gasteiger partial charge is 0.334 e. The second kappa shape index (κ2) is 7.56. The molecule has 3 aromatic rings. The molecule has 0 saturated carbocycles. The maximum absolute atomic E-state index is 12.6. The lowest BCUT2D eigenvalue weighted by Gasteiger charge is -2.14. The third-order valence-corrected chi connectivity index (χ3v) is 5.16. The van der Waals surface area contributed by atoms with Crippen molar-refractivity contribution in [1.29, 1.82) is 0 Å². The SMILES string of the molecule is Cn1cnc2cc(NC(=O)CC3NC(=O)N(Cc4ccccc4Cl)C3=O)ccc21. The van der Waals surface area contributed by atoms with Gasteiger partial charge >= 0.3 is 6.03 Å². The first-order valence-corrected chi connectivity index (χ1v) is 9.36. The normalized spacial score (nSPS) is 16.3. The molecule has 8 nitrogen and oxygen atoms in total. The minimum atomic E-state index is -0.913. The van der Waals surface area contributed by atoms with Crippen LogP contribution in [0.15, 0.2) is 48.8 Å². The number of halogens is 1. The van der Waals surface area contributed by atoms with Crippen LogP contribution in [0, 0.1) is 0 Å². The van der Waals surface area contributed by atoms with E-state index in [1.165, 1.54) is 0 Å². The topological polar surface area (TPSA) is 96.3 Å². The van der Waals surface area contributed by atoms with E-state index in [2.05, 4.69) is 15.6 Å². The van der Waals surface area contributed by atoms with Gasteiger partial charge in [-0.05, 0) is 29.8 Å². The second-order valence-corrected chi connectivity index (χ2v) is 7.24. The van der Waals surface area contributed by atoms with Gasteiger partial charge < -0.3 is 15.2 Å². The number of imide groups is 1. The molecule has 2 heterocycles. The van der Waals surface area contributed by atoms with Crippen LogP contribution in [0.5, 0.6) is 0 Å². The number of imidazole rings is 1. The molecule has 1 saturated heterocycles. The van der Waals surface area contributed by atoms with Crippen LogP contribution in [0.2, 0.25) is 5.02 Å². The summed E-state index contributed by atoms with van der Waals surface area (Å²) in [6, 6.07) is 10.9. The number of urea groups is 1. The van der Waals surface area contributed by atoms with E-state index in [4.69, 9.17) is 11.6 Å². The van der Waals surface area contributed by atoms with Crippen LogP contribution in [0.3, 0.4) is 0 Å². The summed E-state index contributed by atoms with van der Waals surface area (Å²) in [4.78, 5) is 42.5. The quantitative estimate of drug-likeness (QED) is 0.631. The Morgan fingerprint density at radius 2 is 2.03 bits per heavy atom. The minimum Gasteiger partial charge on any atom is -0.334 e. The van der Waals surface area contributed by atoms with Crippen LogP contribution >= 0.6 is 11.6 Å². The first kappa shape index (κ1) is 18.9. The van der Waals surface area contributed by atoms with Crippen LogP contribution in [0.25, 0.3) is 11.0 Å². The van der Waals surface area contributed by atoms with Gasteiger partial charge in [0.15, 0.2) is 0 Å². The summed E-state index contributed by atoms with van der Waals surface area (Å²) >= 11 is 6.11. The molecule has 1 atom stereocenters. The van der Waals surface area contributed by atoms with Crippen molar-refractivity contribution in [3.8, 4) is 0 Å². The van der Waals surface area contributed by atoms with Gasteiger partial charge in [-0.3, -0.25) is 14.5 Å². The van der Waals surface area contributed by atoms with Crippen molar-refractivity contribution in [1.82, 2.24) is 19.8 Å². The van der Waals surface area contributed by atoms with E-state index in [-0.39, 0.29) is 18.9 Å². The van der Waals surface area contributed by atoms with Gasteiger partial charge in [-0.2, -0.15) is 0 Å². The number of aryl methyl sites for hydroxylation is 1. The van der Waals surface area contributed by atoms with E-state index in [0.29, 0.717) is 16.3 Å². The molecule has 0 radical (unpaired) electrons. The molecule has 29 heavy (non-hydrogen) atoms.